The zero-order valence-corrected chi connectivity index (χ0v) is 17.9. The average Bonchev–Trinajstić information content (AvgIpc) is 3.24. The summed E-state index contributed by atoms with van der Waals surface area (Å²) in [6.07, 6.45) is 0. The Bertz CT molecular complexity index is 1090. The maximum Gasteiger partial charge on any atom is 0.243 e. The van der Waals surface area contributed by atoms with E-state index in [0.717, 1.165) is 5.56 Å². The molecule has 164 valence electrons. The van der Waals surface area contributed by atoms with Crippen LogP contribution in [0.15, 0.2) is 57.9 Å². The molecule has 2 aromatic carbocycles. The highest BCUT2D eigenvalue weighted by Crippen LogP contribution is 2.21. The number of morpholine rings is 1. The van der Waals surface area contributed by atoms with Crippen LogP contribution in [-0.4, -0.2) is 62.4 Å². The molecule has 3 aromatic rings. The number of ether oxygens (including phenoxy) is 3. The van der Waals surface area contributed by atoms with Gasteiger partial charge in [-0.25, -0.2) is 8.42 Å². The second kappa shape index (κ2) is 9.46. The molecule has 1 aliphatic heterocycles. The fourth-order valence-corrected chi connectivity index (χ4v) is 4.49. The molecule has 0 radical (unpaired) electrons. The van der Waals surface area contributed by atoms with E-state index in [4.69, 9.17) is 18.7 Å². The first-order chi connectivity index (χ1) is 15.0. The Hall–Kier alpha value is -2.95. The predicted molar refractivity (Wildman–Crippen MR) is 111 cm³/mol. The number of aromatic nitrogens is 2. The molecule has 9 nitrogen and oxygen atoms in total. The minimum atomic E-state index is -3.50. The summed E-state index contributed by atoms with van der Waals surface area (Å²) in [7, 11) is -3.50. The summed E-state index contributed by atoms with van der Waals surface area (Å²) in [5, 5.41) is 3.88. The van der Waals surface area contributed by atoms with Crippen molar-refractivity contribution in [2.24, 2.45) is 0 Å². The number of aryl methyl sites for hydroxylation is 1. The van der Waals surface area contributed by atoms with Crippen molar-refractivity contribution in [3.05, 3.63) is 54.4 Å². The van der Waals surface area contributed by atoms with Gasteiger partial charge < -0.3 is 18.7 Å². The van der Waals surface area contributed by atoms with E-state index in [1.807, 2.05) is 24.3 Å². The topological polar surface area (TPSA) is 104 Å². The van der Waals surface area contributed by atoms with E-state index in [1.165, 1.54) is 4.31 Å². The van der Waals surface area contributed by atoms with Gasteiger partial charge in [-0.05, 0) is 48.5 Å². The molecular formula is C21H23N3O6S. The fraction of sp³-hybridized carbons (Fsp3) is 0.333. The van der Waals surface area contributed by atoms with Gasteiger partial charge in [-0.15, -0.1) is 0 Å². The quantitative estimate of drug-likeness (QED) is 0.487. The Morgan fingerprint density at radius 2 is 1.52 bits per heavy atom. The summed E-state index contributed by atoms with van der Waals surface area (Å²) < 4.78 is 48.2. The van der Waals surface area contributed by atoms with Gasteiger partial charge in [0, 0.05) is 25.6 Å². The highest BCUT2D eigenvalue weighted by Gasteiger charge is 2.26. The van der Waals surface area contributed by atoms with Gasteiger partial charge in [0.1, 0.15) is 24.7 Å². The van der Waals surface area contributed by atoms with Crippen LogP contribution in [0.1, 0.15) is 5.89 Å². The zero-order valence-electron chi connectivity index (χ0n) is 17.1. The summed E-state index contributed by atoms with van der Waals surface area (Å²) in [5.74, 6) is 2.32. The highest BCUT2D eigenvalue weighted by molar-refractivity contribution is 7.89. The normalized spacial score (nSPS) is 15.0. The van der Waals surface area contributed by atoms with Gasteiger partial charge in [-0.3, -0.25) is 0 Å². The van der Waals surface area contributed by atoms with Gasteiger partial charge in [0.25, 0.3) is 0 Å². The summed E-state index contributed by atoms with van der Waals surface area (Å²) in [6, 6.07) is 13.8. The van der Waals surface area contributed by atoms with E-state index in [2.05, 4.69) is 10.1 Å². The Morgan fingerprint density at radius 1 is 0.935 bits per heavy atom. The molecule has 0 amide bonds. The minimum Gasteiger partial charge on any atom is -0.490 e. The molecule has 4 rings (SSSR count). The van der Waals surface area contributed by atoms with E-state index in [1.54, 1.807) is 31.2 Å². The van der Waals surface area contributed by atoms with Crippen molar-refractivity contribution in [1.82, 2.24) is 14.4 Å². The predicted octanol–water partition coefficient (Wildman–Crippen LogP) is 2.52. The molecule has 10 heteroatoms. The van der Waals surface area contributed by atoms with E-state index in [-0.39, 0.29) is 4.90 Å². The minimum absolute atomic E-state index is 0.245. The largest absolute Gasteiger partial charge is 0.490 e. The molecule has 0 unspecified atom stereocenters. The van der Waals surface area contributed by atoms with Crippen LogP contribution in [0.3, 0.4) is 0 Å². The van der Waals surface area contributed by atoms with Crippen molar-refractivity contribution in [3.8, 4) is 22.9 Å². The van der Waals surface area contributed by atoms with Crippen molar-refractivity contribution in [2.75, 3.05) is 39.5 Å². The van der Waals surface area contributed by atoms with Gasteiger partial charge in [-0.1, -0.05) is 5.16 Å². The van der Waals surface area contributed by atoms with E-state index >= 15 is 0 Å². The number of rotatable bonds is 8. The number of hydrogen-bond acceptors (Lipinski definition) is 8. The van der Waals surface area contributed by atoms with Crippen LogP contribution in [0.4, 0.5) is 0 Å². The molecule has 0 saturated carbocycles. The van der Waals surface area contributed by atoms with Crippen molar-refractivity contribution < 1.29 is 27.2 Å². The van der Waals surface area contributed by atoms with Gasteiger partial charge in [0.05, 0.1) is 18.1 Å². The third kappa shape index (κ3) is 5.22. The Labute approximate surface area is 180 Å². The molecule has 0 bridgehead atoms. The maximum absolute atomic E-state index is 12.6. The molecule has 1 fully saturated rings. The van der Waals surface area contributed by atoms with E-state index in [0.29, 0.717) is 62.7 Å². The number of benzene rings is 2. The molecule has 2 heterocycles. The second-order valence-electron chi connectivity index (χ2n) is 6.85. The molecule has 1 aromatic heterocycles. The number of hydrogen-bond donors (Lipinski definition) is 0. The first-order valence-electron chi connectivity index (χ1n) is 9.87. The third-order valence-electron chi connectivity index (χ3n) is 4.69. The zero-order chi connectivity index (χ0) is 21.7. The van der Waals surface area contributed by atoms with Crippen LogP contribution < -0.4 is 9.47 Å². The van der Waals surface area contributed by atoms with Crippen LogP contribution >= 0.6 is 0 Å². The van der Waals surface area contributed by atoms with E-state index < -0.39 is 10.0 Å². The molecular weight excluding hydrogens is 422 g/mol. The first-order valence-corrected chi connectivity index (χ1v) is 11.3. The molecule has 31 heavy (non-hydrogen) atoms. The first kappa shape index (κ1) is 21.3. The number of nitrogens with zero attached hydrogens (tertiary/aromatic N) is 3. The standard InChI is InChI=1S/C21H23N3O6S/c1-16-22-21(23-30-16)17-2-4-18(5-3-17)28-14-15-29-19-6-8-20(9-7-19)31(25,26)24-10-12-27-13-11-24/h2-9H,10-15H2,1H3. The van der Waals surface area contributed by atoms with Gasteiger partial charge >= 0.3 is 0 Å². The van der Waals surface area contributed by atoms with Gasteiger partial charge in [0.2, 0.25) is 21.7 Å². The Kier molecular flexibility index (Phi) is 6.50. The number of sulfonamides is 1. The summed E-state index contributed by atoms with van der Waals surface area (Å²) in [5.41, 5.74) is 0.840. The molecule has 0 atom stereocenters. The van der Waals surface area contributed by atoms with Crippen molar-refractivity contribution in [3.63, 3.8) is 0 Å². The Balaban J connectivity index is 1.25. The van der Waals surface area contributed by atoms with Crippen LogP contribution in [0.5, 0.6) is 11.5 Å². The summed E-state index contributed by atoms with van der Waals surface area (Å²) in [6.45, 7) is 3.97. The summed E-state index contributed by atoms with van der Waals surface area (Å²) in [4.78, 5) is 4.43. The van der Waals surface area contributed by atoms with Crippen LogP contribution in [0.2, 0.25) is 0 Å². The van der Waals surface area contributed by atoms with Gasteiger partial charge in [-0.2, -0.15) is 9.29 Å². The highest BCUT2D eigenvalue weighted by atomic mass is 32.2. The summed E-state index contributed by atoms with van der Waals surface area (Å²) >= 11 is 0. The smallest absolute Gasteiger partial charge is 0.243 e. The third-order valence-corrected chi connectivity index (χ3v) is 6.61. The lowest BCUT2D eigenvalue weighted by molar-refractivity contribution is 0.0730. The Morgan fingerprint density at radius 3 is 2.06 bits per heavy atom. The molecule has 1 saturated heterocycles. The molecule has 0 aliphatic carbocycles. The lowest BCUT2D eigenvalue weighted by Crippen LogP contribution is -2.40. The van der Waals surface area contributed by atoms with Crippen LogP contribution in [-0.2, 0) is 14.8 Å². The molecule has 1 aliphatic rings. The van der Waals surface area contributed by atoms with Crippen molar-refractivity contribution in [1.29, 1.82) is 0 Å². The lowest BCUT2D eigenvalue weighted by atomic mass is 10.2. The van der Waals surface area contributed by atoms with Crippen molar-refractivity contribution >= 4 is 10.0 Å². The SMILES string of the molecule is Cc1nc(-c2ccc(OCCOc3ccc(S(=O)(=O)N4CCOCC4)cc3)cc2)no1. The lowest BCUT2D eigenvalue weighted by Gasteiger charge is -2.26. The fourth-order valence-electron chi connectivity index (χ4n) is 3.08. The van der Waals surface area contributed by atoms with Crippen LogP contribution in [0, 0.1) is 6.92 Å². The van der Waals surface area contributed by atoms with Crippen LogP contribution in [0.25, 0.3) is 11.4 Å². The second-order valence-corrected chi connectivity index (χ2v) is 8.78. The van der Waals surface area contributed by atoms with Crippen molar-refractivity contribution in [2.45, 2.75) is 11.8 Å². The monoisotopic (exact) mass is 445 g/mol. The average molecular weight is 445 g/mol. The van der Waals surface area contributed by atoms with E-state index in [9.17, 15) is 8.42 Å². The maximum atomic E-state index is 12.6. The van der Waals surface area contributed by atoms with Gasteiger partial charge in [0.15, 0.2) is 0 Å². The molecule has 0 N–H and O–H groups in total. The molecule has 0 spiro atoms.